The van der Waals surface area contributed by atoms with Gasteiger partial charge in [0.15, 0.2) is 0 Å². The largest absolute Gasteiger partial charge is 0.496 e. The maximum absolute atomic E-state index is 11.6. The van der Waals surface area contributed by atoms with E-state index in [0.717, 1.165) is 11.8 Å². The van der Waals surface area contributed by atoms with Crippen LogP contribution in [0.5, 0.6) is 5.75 Å². The standard InChI is InChI=1S/C19H22N2O6S/c1-12(22)20-11-14-5-6-15(21-28(3,25)26)10-16(14)17-8-13(9-19(23)24)4-7-18(17)27-2/h4-8,10,21H,9,11H2,1-3H3,(H,20,22)(H,23,24). The fourth-order valence-electron chi connectivity index (χ4n) is 2.73. The molecule has 3 N–H and O–H groups in total. The number of amides is 1. The molecule has 0 unspecified atom stereocenters. The van der Waals surface area contributed by atoms with Gasteiger partial charge in [-0.2, -0.15) is 0 Å². The van der Waals surface area contributed by atoms with Gasteiger partial charge in [-0.05, 0) is 41.0 Å². The molecule has 0 heterocycles. The van der Waals surface area contributed by atoms with Crippen LogP contribution in [0.2, 0.25) is 0 Å². The van der Waals surface area contributed by atoms with Crippen LogP contribution < -0.4 is 14.8 Å². The minimum Gasteiger partial charge on any atom is -0.496 e. The number of sulfonamides is 1. The predicted molar refractivity (Wildman–Crippen MR) is 106 cm³/mol. The number of rotatable bonds is 8. The summed E-state index contributed by atoms with van der Waals surface area (Å²) in [6.45, 7) is 1.61. The topological polar surface area (TPSA) is 122 Å². The molecule has 150 valence electrons. The zero-order chi connectivity index (χ0) is 20.9. The van der Waals surface area contributed by atoms with Crippen molar-refractivity contribution in [1.82, 2.24) is 5.32 Å². The van der Waals surface area contributed by atoms with Crippen molar-refractivity contribution >= 4 is 27.6 Å². The van der Waals surface area contributed by atoms with Crippen molar-refractivity contribution < 1.29 is 27.9 Å². The van der Waals surface area contributed by atoms with Gasteiger partial charge in [-0.1, -0.05) is 12.1 Å². The van der Waals surface area contributed by atoms with E-state index in [2.05, 4.69) is 10.0 Å². The molecular formula is C19H22N2O6S. The highest BCUT2D eigenvalue weighted by molar-refractivity contribution is 7.92. The normalized spacial score (nSPS) is 11.0. The van der Waals surface area contributed by atoms with Crippen LogP contribution in [0.3, 0.4) is 0 Å². The maximum Gasteiger partial charge on any atom is 0.307 e. The second kappa shape index (κ2) is 8.75. The number of nitrogens with one attached hydrogen (secondary N) is 2. The predicted octanol–water partition coefficient (Wildman–Crippen LogP) is 2.00. The summed E-state index contributed by atoms with van der Waals surface area (Å²) in [7, 11) is -2.00. The Morgan fingerprint density at radius 3 is 2.39 bits per heavy atom. The number of carboxylic acids is 1. The Morgan fingerprint density at radius 2 is 1.82 bits per heavy atom. The molecule has 0 aliphatic heterocycles. The van der Waals surface area contributed by atoms with Crippen LogP contribution in [0.1, 0.15) is 18.1 Å². The van der Waals surface area contributed by atoms with E-state index in [1.54, 1.807) is 36.4 Å². The van der Waals surface area contributed by atoms with Gasteiger partial charge in [0, 0.05) is 24.7 Å². The molecule has 0 radical (unpaired) electrons. The van der Waals surface area contributed by atoms with Gasteiger partial charge in [0.1, 0.15) is 5.75 Å². The smallest absolute Gasteiger partial charge is 0.307 e. The molecule has 1 amide bonds. The first-order valence-electron chi connectivity index (χ1n) is 8.33. The summed E-state index contributed by atoms with van der Waals surface area (Å²) in [6, 6.07) is 9.91. The first kappa shape index (κ1) is 21.2. The molecule has 0 aliphatic rings. The molecule has 0 saturated heterocycles. The van der Waals surface area contributed by atoms with Crippen LogP contribution in [-0.2, 0) is 32.6 Å². The van der Waals surface area contributed by atoms with E-state index in [4.69, 9.17) is 9.84 Å². The van der Waals surface area contributed by atoms with Gasteiger partial charge in [-0.3, -0.25) is 14.3 Å². The van der Waals surface area contributed by atoms with Crippen molar-refractivity contribution in [3.8, 4) is 16.9 Å². The summed E-state index contributed by atoms with van der Waals surface area (Å²) < 4.78 is 31.0. The highest BCUT2D eigenvalue weighted by atomic mass is 32.2. The van der Waals surface area contributed by atoms with E-state index in [9.17, 15) is 18.0 Å². The molecular weight excluding hydrogens is 384 g/mol. The Balaban J connectivity index is 2.62. The van der Waals surface area contributed by atoms with Crippen molar-refractivity contribution in [2.45, 2.75) is 19.9 Å². The van der Waals surface area contributed by atoms with Gasteiger partial charge < -0.3 is 15.2 Å². The third kappa shape index (κ3) is 5.98. The van der Waals surface area contributed by atoms with Gasteiger partial charge in [0.05, 0.1) is 19.8 Å². The van der Waals surface area contributed by atoms with Crippen molar-refractivity contribution in [1.29, 1.82) is 0 Å². The summed E-state index contributed by atoms with van der Waals surface area (Å²) in [6.07, 6.45) is 0.880. The number of carbonyl (C=O) groups excluding carboxylic acids is 1. The highest BCUT2D eigenvalue weighted by Crippen LogP contribution is 2.35. The van der Waals surface area contributed by atoms with Gasteiger partial charge >= 0.3 is 5.97 Å². The minimum absolute atomic E-state index is 0.167. The van der Waals surface area contributed by atoms with E-state index in [1.807, 2.05) is 0 Å². The monoisotopic (exact) mass is 406 g/mol. The van der Waals surface area contributed by atoms with Crippen molar-refractivity contribution in [3.05, 3.63) is 47.5 Å². The molecule has 0 saturated carbocycles. The number of ether oxygens (including phenoxy) is 1. The summed E-state index contributed by atoms with van der Waals surface area (Å²) >= 11 is 0. The second-order valence-electron chi connectivity index (χ2n) is 6.26. The fourth-order valence-corrected chi connectivity index (χ4v) is 3.28. The third-order valence-electron chi connectivity index (χ3n) is 3.85. The van der Waals surface area contributed by atoms with E-state index in [0.29, 0.717) is 28.1 Å². The lowest BCUT2D eigenvalue weighted by Gasteiger charge is -2.16. The van der Waals surface area contributed by atoms with Gasteiger partial charge in [0.2, 0.25) is 15.9 Å². The first-order valence-corrected chi connectivity index (χ1v) is 10.2. The quantitative estimate of drug-likeness (QED) is 0.616. The zero-order valence-electron chi connectivity index (χ0n) is 15.8. The van der Waals surface area contributed by atoms with Crippen LogP contribution in [0.4, 0.5) is 5.69 Å². The van der Waals surface area contributed by atoms with Crippen LogP contribution in [0, 0.1) is 0 Å². The number of hydrogen-bond donors (Lipinski definition) is 3. The van der Waals surface area contributed by atoms with Crippen LogP contribution in [0.15, 0.2) is 36.4 Å². The Bertz CT molecular complexity index is 1000. The van der Waals surface area contributed by atoms with Crippen molar-refractivity contribution in [2.75, 3.05) is 18.1 Å². The van der Waals surface area contributed by atoms with Gasteiger partial charge in [0.25, 0.3) is 0 Å². The van der Waals surface area contributed by atoms with Crippen LogP contribution >= 0.6 is 0 Å². The fraction of sp³-hybridized carbons (Fsp3) is 0.263. The average molecular weight is 406 g/mol. The van der Waals surface area contributed by atoms with Crippen LogP contribution in [0.25, 0.3) is 11.1 Å². The van der Waals surface area contributed by atoms with E-state index in [-0.39, 0.29) is 18.9 Å². The van der Waals surface area contributed by atoms with E-state index >= 15 is 0 Å². The highest BCUT2D eigenvalue weighted by Gasteiger charge is 2.15. The SMILES string of the molecule is COc1ccc(CC(=O)O)cc1-c1cc(NS(C)(=O)=O)ccc1CNC(C)=O. The van der Waals surface area contributed by atoms with E-state index in [1.165, 1.54) is 14.0 Å². The number of methoxy groups -OCH3 is 1. The lowest BCUT2D eigenvalue weighted by molar-refractivity contribution is -0.136. The minimum atomic E-state index is -3.48. The number of anilines is 1. The maximum atomic E-state index is 11.6. The van der Waals surface area contributed by atoms with E-state index < -0.39 is 16.0 Å². The third-order valence-corrected chi connectivity index (χ3v) is 4.46. The molecule has 8 nitrogen and oxygen atoms in total. The molecule has 2 aromatic carbocycles. The molecule has 9 heteroatoms. The molecule has 28 heavy (non-hydrogen) atoms. The Morgan fingerprint density at radius 1 is 1.11 bits per heavy atom. The molecule has 2 rings (SSSR count). The average Bonchev–Trinajstić information content (AvgIpc) is 2.58. The molecule has 0 bridgehead atoms. The lowest BCUT2D eigenvalue weighted by Crippen LogP contribution is -2.19. The Labute approximate surface area is 163 Å². The molecule has 0 aliphatic carbocycles. The Kier molecular flexibility index (Phi) is 6.63. The second-order valence-corrected chi connectivity index (χ2v) is 8.01. The summed E-state index contributed by atoms with van der Waals surface area (Å²) in [5.41, 5.74) is 2.84. The summed E-state index contributed by atoms with van der Waals surface area (Å²) in [4.78, 5) is 22.4. The lowest BCUT2D eigenvalue weighted by atomic mass is 9.95. The molecule has 0 atom stereocenters. The molecule has 2 aromatic rings. The number of hydrogen-bond acceptors (Lipinski definition) is 5. The molecule has 0 fully saturated rings. The summed E-state index contributed by atoms with van der Waals surface area (Å²) in [5.74, 6) is -0.687. The molecule has 0 aromatic heterocycles. The van der Waals surface area contributed by atoms with Crippen molar-refractivity contribution in [2.24, 2.45) is 0 Å². The van der Waals surface area contributed by atoms with Gasteiger partial charge in [-0.25, -0.2) is 8.42 Å². The molecule has 0 spiro atoms. The number of carboxylic acid groups (broad SMARTS) is 1. The van der Waals surface area contributed by atoms with Crippen molar-refractivity contribution in [3.63, 3.8) is 0 Å². The van der Waals surface area contributed by atoms with Gasteiger partial charge in [-0.15, -0.1) is 0 Å². The number of carbonyl (C=O) groups is 2. The zero-order valence-corrected chi connectivity index (χ0v) is 16.6. The number of benzene rings is 2. The number of aliphatic carboxylic acids is 1. The Hall–Kier alpha value is -3.07. The van der Waals surface area contributed by atoms with Crippen LogP contribution in [-0.4, -0.2) is 38.8 Å². The summed E-state index contributed by atoms with van der Waals surface area (Å²) in [5, 5.41) is 11.8. The first-order chi connectivity index (χ1) is 13.1.